The summed E-state index contributed by atoms with van der Waals surface area (Å²) < 4.78 is 18.9. The van der Waals surface area contributed by atoms with Crippen molar-refractivity contribution in [3.8, 4) is 0 Å². The SMILES string of the molecule is CC(C)NC(=O)NC(=O)[C@@H](C)OC(=O)[C@@H]1CC(=O)N(c2ccccc2F)C1. The third-order valence-electron chi connectivity index (χ3n) is 3.92. The highest BCUT2D eigenvalue weighted by atomic mass is 19.1. The monoisotopic (exact) mass is 379 g/mol. The fourth-order valence-electron chi connectivity index (χ4n) is 2.60. The van der Waals surface area contributed by atoms with Crippen LogP contribution in [-0.2, 0) is 19.1 Å². The van der Waals surface area contributed by atoms with Crippen molar-refractivity contribution in [2.45, 2.75) is 39.3 Å². The lowest BCUT2D eigenvalue weighted by atomic mass is 10.1. The molecule has 2 atom stereocenters. The van der Waals surface area contributed by atoms with Crippen LogP contribution in [0.5, 0.6) is 0 Å². The third-order valence-corrected chi connectivity index (χ3v) is 3.92. The fraction of sp³-hybridized carbons (Fsp3) is 0.444. The number of para-hydroxylation sites is 1. The van der Waals surface area contributed by atoms with Crippen molar-refractivity contribution in [2.24, 2.45) is 5.92 Å². The maximum atomic E-state index is 13.9. The van der Waals surface area contributed by atoms with Crippen LogP contribution in [0.3, 0.4) is 0 Å². The minimum absolute atomic E-state index is 0.0409. The van der Waals surface area contributed by atoms with E-state index in [4.69, 9.17) is 4.74 Å². The number of hydrogen-bond donors (Lipinski definition) is 2. The number of amides is 4. The minimum atomic E-state index is -1.21. The summed E-state index contributed by atoms with van der Waals surface area (Å²) in [6.07, 6.45) is -1.36. The van der Waals surface area contributed by atoms with E-state index in [0.717, 1.165) is 0 Å². The number of halogens is 1. The van der Waals surface area contributed by atoms with Crippen LogP contribution in [0.1, 0.15) is 27.2 Å². The van der Waals surface area contributed by atoms with E-state index in [1.165, 1.54) is 30.0 Å². The zero-order valence-electron chi connectivity index (χ0n) is 15.3. The number of urea groups is 1. The predicted molar refractivity (Wildman–Crippen MR) is 94.2 cm³/mol. The van der Waals surface area contributed by atoms with Crippen LogP contribution in [0.15, 0.2) is 24.3 Å². The van der Waals surface area contributed by atoms with Gasteiger partial charge >= 0.3 is 12.0 Å². The molecule has 27 heavy (non-hydrogen) atoms. The highest BCUT2D eigenvalue weighted by Crippen LogP contribution is 2.28. The van der Waals surface area contributed by atoms with E-state index in [-0.39, 0.29) is 24.7 Å². The summed E-state index contributed by atoms with van der Waals surface area (Å²) in [7, 11) is 0. The molecular weight excluding hydrogens is 357 g/mol. The van der Waals surface area contributed by atoms with Gasteiger partial charge in [-0.25, -0.2) is 9.18 Å². The van der Waals surface area contributed by atoms with Crippen LogP contribution in [0.2, 0.25) is 0 Å². The molecule has 2 rings (SSSR count). The lowest BCUT2D eigenvalue weighted by Crippen LogP contribution is -2.47. The molecular formula is C18H22FN3O5. The summed E-state index contributed by atoms with van der Waals surface area (Å²) in [5, 5.41) is 4.54. The normalized spacial score (nSPS) is 17.6. The van der Waals surface area contributed by atoms with Crippen LogP contribution in [0, 0.1) is 11.7 Å². The van der Waals surface area contributed by atoms with Crippen LogP contribution >= 0.6 is 0 Å². The van der Waals surface area contributed by atoms with Gasteiger partial charge in [-0.1, -0.05) is 12.1 Å². The summed E-state index contributed by atoms with van der Waals surface area (Å²) in [5.74, 6) is -3.33. The molecule has 8 nitrogen and oxygen atoms in total. The maximum absolute atomic E-state index is 13.9. The summed E-state index contributed by atoms with van der Waals surface area (Å²) in [5.41, 5.74) is 0.0916. The predicted octanol–water partition coefficient (Wildman–Crippen LogP) is 1.34. The van der Waals surface area contributed by atoms with Crippen LogP contribution in [0.4, 0.5) is 14.9 Å². The van der Waals surface area contributed by atoms with E-state index in [0.29, 0.717) is 0 Å². The number of carbonyl (C=O) groups is 4. The Morgan fingerprint density at radius 3 is 2.52 bits per heavy atom. The van der Waals surface area contributed by atoms with Crippen molar-refractivity contribution in [3.05, 3.63) is 30.1 Å². The second-order valence-electron chi connectivity index (χ2n) is 6.55. The number of esters is 1. The Bertz CT molecular complexity index is 752. The van der Waals surface area contributed by atoms with E-state index in [1.54, 1.807) is 19.9 Å². The molecule has 9 heteroatoms. The smallest absolute Gasteiger partial charge is 0.321 e. The van der Waals surface area contributed by atoms with E-state index < -0.39 is 41.7 Å². The molecule has 0 aromatic heterocycles. The Morgan fingerprint density at radius 2 is 1.89 bits per heavy atom. The lowest BCUT2D eigenvalue weighted by Gasteiger charge is -2.18. The average molecular weight is 379 g/mol. The Morgan fingerprint density at radius 1 is 1.22 bits per heavy atom. The molecule has 0 radical (unpaired) electrons. The van der Waals surface area contributed by atoms with Gasteiger partial charge in [0.1, 0.15) is 5.82 Å². The molecule has 1 heterocycles. The number of hydrogen-bond acceptors (Lipinski definition) is 5. The quantitative estimate of drug-likeness (QED) is 0.752. The van der Waals surface area contributed by atoms with Crippen LogP contribution < -0.4 is 15.5 Å². The fourth-order valence-corrected chi connectivity index (χ4v) is 2.60. The van der Waals surface area contributed by atoms with E-state index in [9.17, 15) is 23.6 Å². The molecule has 0 saturated carbocycles. The maximum Gasteiger partial charge on any atom is 0.321 e. The first-order valence-corrected chi connectivity index (χ1v) is 8.55. The van der Waals surface area contributed by atoms with Gasteiger partial charge < -0.3 is 15.0 Å². The molecule has 0 bridgehead atoms. The van der Waals surface area contributed by atoms with Gasteiger partial charge in [0.2, 0.25) is 5.91 Å². The first-order chi connectivity index (χ1) is 12.7. The molecule has 0 unspecified atom stereocenters. The molecule has 1 aromatic carbocycles. The van der Waals surface area contributed by atoms with Gasteiger partial charge in [-0.15, -0.1) is 0 Å². The Labute approximate surface area is 156 Å². The molecule has 1 fully saturated rings. The van der Waals surface area contributed by atoms with E-state index in [2.05, 4.69) is 10.6 Å². The van der Waals surface area contributed by atoms with Gasteiger partial charge in [-0.3, -0.25) is 19.7 Å². The van der Waals surface area contributed by atoms with Gasteiger partial charge in [0.25, 0.3) is 5.91 Å². The van der Waals surface area contributed by atoms with Crippen molar-refractivity contribution in [3.63, 3.8) is 0 Å². The number of nitrogens with zero attached hydrogens (tertiary/aromatic N) is 1. The van der Waals surface area contributed by atoms with E-state index in [1.807, 2.05) is 0 Å². The van der Waals surface area contributed by atoms with E-state index >= 15 is 0 Å². The van der Waals surface area contributed by atoms with Gasteiger partial charge in [0.15, 0.2) is 6.10 Å². The zero-order chi connectivity index (χ0) is 20.1. The first kappa shape index (κ1) is 20.3. The number of imide groups is 1. The van der Waals surface area contributed by atoms with Crippen LogP contribution in [0.25, 0.3) is 0 Å². The first-order valence-electron chi connectivity index (χ1n) is 8.55. The second kappa shape index (κ2) is 8.61. The summed E-state index contributed by atoms with van der Waals surface area (Å²) in [6.45, 7) is 4.74. The van der Waals surface area contributed by atoms with Crippen molar-refractivity contribution in [1.29, 1.82) is 0 Å². The summed E-state index contributed by atoms with van der Waals surface area (Å²) >= 11 is 0. The van der Waals surface area contributed by atoms with Gasteiger partial charge in [0.05, 0.1) is 11.6 Å². The average Bonchev–Trinajstić information content (AvgIpc) is 2.96. The lowest BCUT2D eigenvalue weighted by molar-refractivity contribution is -0.158. The number of nitrogens with one attached hydrogen (secondary N) is 2. The molecule has 1 aromatic rings. The molecule has 146 valence electrons. The van der Waals surface area contributed by atoms with Crippen molar-refractivity contribution in [1.82, 2.24) is 10.6 Å². The number of benzene rings is 1. The highest BCUT2D eigenvalue weighted by molar-refractivity contribution is 6.00. The third kappa shape index (κ3) is 5.25. The number of ether oxygens (including phenoxy) is 1. The topological polar surface area (TPSA) is 105 Å². The molecule has 1 aliphatic rings. The number of carbonyl (C=O) groups excluding carboxylic acids is 4. The number of rotatable bonds is 5. The second-order valence-corrected chi connectivity index (χ2v) is 6.55. The zero-order valence-corrected chi connectivity index (χ0v) is 15.3. The molecule has 1 aliphatic heterocycles. The molecule has 0 aliphatic carbocycles. The summed E-state index contributed by atoms with van der Waals surface area (Å²) in [6, 6.07) is 4.91. The largest absolute Gasteiger partial charge is 0.452 e. The standard InChI is InChI=1S/C18H22FN3O5/c1-10(2)20-18(26)21-16(24)11(3)27-17(25)12-8-15(23)22(9-12)14-7-5-4-6-13(14)19/h4-7,10-12H,8-9H2,1-3H3,(H2,20,21,24,26)/t11-,12-/m1/s1. The Balaban J connectivity index is 1.93. The van der Waals surface area contributed by atoms with Gasteiger partial charge in [-0.2, -0.15) is 0 Å². The Hall–Kier alpha value is -2.97. The Kier molecular flexibility index (Phi) is 6.49. The number of anilines is 1. The van der Waals surface area contributed by atoms with Gasteiger partial charge in [-0.05, 0) is 32.9 Å². The van der Waals surface area contributed by atoms with Crippen molar-refractivity contribution < 1.29 is 28.3 Å². The van der Waals surface area contributed by atoms with Gasteiger partial charge in [0, 0.05) is 19.0 Å². The summed E-state index contributed by atoms with van der Waals surface area (Å²) in [4.78, 5) is 49.0. The van der Waals surface area contributed by atoms with Crippen molar-refractivity contribution >= 4 is 29.5 Å². The minimum Gasteiger partial charge on any atom is -0.452 e. The highest BCUT2D eigenvalue weighted by Gasteiger charge is 2.38. The van der Waals surface area contributed by atoms with Crippen LogP contribution in [-0.4, -0.2) is 42.5 Å². The molecule has 1 saturated heterocycles. The molecule has 0 spiro atoms. The molecule has 4 amide bonds. The van der Waals surface area contributed by atoms with Crippen molar-refractivity contribution in [2.75, 3.05) is 11.4 Å². The molecule has 2 N–H and O–H groups in total.